The van der Waals surface area contributed by atoms with Gasteiger partial charge in [-0.15, -0.1) is 11.3 Å². The van der Waals surface area contributed by atoms with Gasteiger partial charge in [0.05, 0.1) is 5.69 Å². The number of ether oxygens (including phenoxy) is 1. The van der Waals surface area contributed by atoms with E-state index in [0.717, 1.165) is 20.7 Å². The number of halogens is 1. The Morgan fingerprint density at radius 2 is 2.17 bits per heavy atom. The SMILES string of the molecule is COC(c1nc(-c2ccccc2Br)cs1)C1CC1. The maximum atomic E-state index is 5.58. The Balaban J connectivity index is 1.91. The van der Waals surface area contributed by atoms with E-state index in [0.29, 0.717) is 5.92 Å². The quantitative estimate of drug-likeness (QED) is 0.815. The van der Waals surface area contributed by atoms with Gasteiger partial charge in [-0.3, -0.25) is 0 Å². The molecule has 1 aromatic heterocycles. The van der Waals surface area contributed by atoms with E-state index in [9.17, 15) is 0 Å². The van der Waals surface area contributed by atoms with Crippen molar-refractivity contribution in [3.05, 3.63) is 39.1 Å². The fraction of sp³-hybridized carbons (Fsp3) is 0.357. The van der Waals surface area contributed by atoms with Gasteiger partial charge in [0, 0.05) is 22.5 Å². The molecule has 0 amide bonds. The highest BCUT2D eigenvalue weighted by molar-refractivity contribution is 9.10. The monoisotopic (exact) mass is 323 g/mol. The molecule has 1 heterocycles. The van der Waals surface area contributed by atoms with Crippen molar-refractivity contribution in [2.24, 2.45) is 5.92 Å². The first kappa shape index (κ1) is 12.3. The van der Waals surface area contributed by atoms with Gasteiger partial charge in [-0.1, -0.05) is 34.1 Å². The molecule has 0 N–H and O–H groups in total. The van der Waals surface area contributed by atoms with Crippen LogP contribution in [0.2, 0.25) is 0 Å². The third-order valence-corrected chi connectivity index (χ3v) is 4.82. The van der Waals surface area contributed by atoms with Crippen LogP contribution in [0.3, 0.4) is 0 Å². The molecule has 2 nitrogen and oxygen atoms in total. The second-order valence-corrected chi connectivity index (χ2v) is 6.29. The average molecular weight is 324 g/mol. The Kier molecular flexibility index (Phi) is 3.50. The largest absolute Gasteiger partial charge is 0.374 e. The highest BCUT2D eigenvalue weighted by Crippen LogP contribution is 2.44. The van der Waals surface area contributed by atoms with Crippen molar-refractivity contribution < 1.29 is 4.74 Å². The lowest BCUT2D eigenvalue weighted by atomic mass is 10.2. The molecule has 0 aliphatic heterocycles. The van der Waals surface area contributed by atoms with Crippen LogP contribution in [0.1, 0.15) is 24.0 Å². The summed E-state index contributed by atoms with van der Waals surface area (Å²) in [6.07, 6.45) is 2.72. The molecule has 2 aromatic rings. The van der Waals surface area contributed by atoms with Crippen LogP contribution < -0.4 is 0 Å². The standard InChI is InChI=1S/C14H14BrNOS/c1-17-13(9-6-7-9)14-16-12(8-18-14)10-4-2-3-5-11(10)15/h2-5,8-9,13H,6-7H2,1H3. The lowest BCUT2D eigenvalue weighted by molar-refractivity contribution is 0.0844. The number of methoxy groups -OCH3 is 1. The van der Waals surface area contributed by atoms with Gasteiger partial charge in [0.25, 0.3) is 0 Å². The van der Waals surface area contributed by atoms with Crippen LogP contribution in [0.25, 0.3) is 11.3 Å². The third-order valence-electron chi connectivity index (χ3n) is 3.22. The smallest absolute Gasteiger partial charge is 0.122 e. The van der Waals surface area contributed by atoms with E-state index >= 15 is 0 Å². The van der Waals surface area contributed by atoms with Crippen LogP contribution in [0, 0.1) is 5.92 Å². The van der Waals surface area contributed by atoms with E-state index in [-0.39, 0.29) is 6.10 Å². The van der Waals surface area contributed by atoms with Crippen molar-refractivity contribution in [3.8, 4) is 11.3 Å². The topological polar surface area (TPSA) is 22.1 Å². The lowest BCUT2D eigenvalue weighted by Gasteiger charge is -2.10. The van der Waals surface area contributed by atoms with E-state index < -0.39 is 0 Å². The normalized spacial score (nSPS) is 16.8. The molecule has 3 rings (SSSR count). The molecule has 0 radical (unpaired) electrons. The predicted molar refractivity (Wildman–Crippen MR) is 77.7 cm³/mol. The minimum Gasteiger partial charge on any atom is -0.374 e. The molecule has 94 valence electrons. The van der Waals surface area contributed by atoms with Crippen LogP contribution >= 0.6 is 27.3 Å². The Bertz CT molecular complexity index is 550. The van der Waals surface area contributed by atoms with Crippen molar-refractivity contribution in [2.75, 3.05) is 7.11 Å². The van der Waals surface area contributed by atoms with E-state index in [4.69, 9.17) is 9.72 Å². The summed E-state index contributed by atoms with van der Waals surface area (Å²) in [7, 11) is 1.78. The molecule has 1 saturated carbocycles. The van der Waals surface area contributed by atoms with Crippen LogP contribution in [0.15, 0.2) is 34.1 Å². The molecule has 1 atom stereocenters. The minimum atomic E-state index is 0.186. The Morgan fingerprint density at radius 3 is 2.83 bits per heavy atom. The lowest BCUT2D eigenvalue weighted by Crippen LogP contribution is -2.02. The van der Waals surface area contributed by atoms with Crippen LogP contribution in [0.4, 0.5) is 0 Å². The summed E-state index contributed by atoms with van der Waals surface area (Å²) in [6, 6.07) is 8.18. The van der Waals surface area contributed by atoms with E-state index in [1.165, 1.54) is 12.8 Å². The molecule has 0 saturated heterocycles. The number of hydrogen-bond donors (Lipinski definition) is 0. The van der Waals surface area contributed by atoms with Crippen LogP contribution in [-0.2, 0) is 4.74 Å². The highest BCUT2D eigenvalue weighted by Gasteiger charge is 2.34. The minimum absolute atomic E-state index is 0.186. The molecular weight excluding hydrogens is 310 g/mol. The molecule has 1 fully saturated rings. The maximum absolute atomic E-state index is 5.58. The molecule has 4 heteroatoms. The second kappa shape index (κ2) is 5.11. The van der Waals surface area contributed by atoms with Gasteiger partial charge in [0.15, 0.2) is 0 Å². The van der Waals surface area contributed by atoms with Gasteiger partial charge < -0.3 is 4.74 Å². The van der Waals surface area contributed by atoms with Crippen molar-refractivity contribution in [1.29, 1.82) is 0 Å². The summed E-state index contributed by atoms with van der Waals surface area (Å²) < 4.78 is 6.66. The third kappa shape index (κ3) is 2.37. The molecule has 0 spiro atoms. The Morgan fingerprint density at radius 1 is 1.39 bits per heavy atom. The van der Waals surface area contributed by atoms with Crippen LogP contribution in [0.5, 0.6) is 0 Å². The maximum Gasteiger partial charge on any atom is 0.122 e. The molecule has 1 aliphatic rings. The Hall–Kier alpha value is -0.710. The summed E-state index contributed by atoms with van der Waals surface area (Å²) in [5, 5.41) is 3.22. The van der Waals surface area contributed by atoms with Gasteiger partial charge in [-0.05, 0) is 24.8 Å². The summed E-state index contributed by atoms with van der Waals surface area (Å²) >= 11 is 5.27. The molecule has 18 heavy (non-hydrogen) atoms. The summed E-state index contributed by atoms with van der Waals surface area (Å²) in [4.78, 5) is 4.74. The number of nitrogens with zero attached hydrogens (tertiary/aromatic N) is 1. The second-order valence-electron chi connectivity index (χ2n) is 4.54. The molecule has 1 unspecified atom stereocenters. The summed E-state index contributed by atoms with van der Waals surface area (Å²) in [6.45, 7) is 0. The fourth-order valence-electron chi connectivity index (χ4n) is 2.10. The first-order chi connectivity index (χ1) is 8.79. The first-order valence-electron chi connectivity index (χ1n) is 6.02. The fourth-order valence-corrected chi connectivity index (χ4v) is 3.58. The number of benzene rings is 1. The van der Waals surface area contributed by atoms with Crippen molar-refractivity contribution in [2.45, 2.75) is 18.9 Å². The Labute approximate surface area is 119 Å². The van der Waals surface area contributed by atoms with Gasteiger partial charge in [-0.2, -0.15) is 0 Å². The van der Waals surface area contributed by atoms with Gasteiger partial charge in [0.2, 0.25) is 0 Å². The van der Waals surface area contributed by atoms with Crippen LogP contribution in [-0.4, -0.2) is 12.1 Å². The van der Waals surface area contributed by atoms with E-state index in [1.54, 1.807) is 18.4 Å². The predicted octanol–water partition coefficient (Wildman–Crippen LogP) is 4.67. The molecule has 1 aliphatic carbocycles. The van der Waals surface area contributed by atoms with Crippen molar-refractivity contribution in [1.82, 2.24) is 4.98 Å². The van der Waals surface area contributed by atoms with Gasteiger partial charge in [0.1, 0.15) is 11.1 Å². The van der Waals surface area contributed by atoms with Gasteiger partial charge >= 0.3 is 0 Å². The number of thiazole rings is 1. The number of aromatic nitrogens is 1. The first-order valence-corrected chi connectivity index (χ1v) is 7.70. The summed E-state index contributed by atoms with van der Waals surface area (Å²) in [5.41, 5.74) is 2.18. The highest BCUT2D eigenvalue weighted by atomic mass is 79.9. The zero-order chi connectivity index (χ0) is 12.5. The zero-order valence-corrected chi connectivity index (χ0v) is 12.5. The van der Waals surface area contributed by atoms with Crippen molar-refractivity contribution >= 4 is 27.3 Å². The van der Waals surface area contributed by atoms with Gasteiger partial charge in [-0.25, -0.2) is 4.98 Å². The zero-order valence-electron chi connectivity index (χ0n) is 10.1. The molecular formula is C14H14BrNOS. The van der Waals surface area contributed by atoms with E-state index in [1.807, 2.05) is 18.2 Å². The number of hydrogen-bond acceptors (Lipinski definition) is 3. The van der Waals surface area contributed by atoms with Crippen molar-refractivity contribution in [3.63, 3.8) is 0 Å². The molecule has 1 aromatic carbocycles. The molecule has 0 bridgehead atoms. The van der Waals surface area contributed by atoms with E-state index in [2.05, 4.69) is 27.4 Å². The number of rotatable bonds is 4. The average Bonchev–Trinajstić information content (AvgIpc) is 3.09. The summed E-state index contributed by atoms with van der Waals surface area (Å²) in [5.74, 6) is 0.674.